The van der Waals surface area contributed by atoms with Gasteiger partial charge in [-0.1, -0.05) is 29.3 Å². The number of rotatable bonds is 2. The Balaban J connectivity index is 2.74. The summed E-state index contributed by atoms with van der Waals surface area (Å²) < 4.78 is 4.66. The van der Waals surface area contributed by atoms with Crippen molar-refractivity contribution in [1.82, 2.24) is 4.98 Å². The van der Waals surface area contributed by atoms with Crippen LogP contribution in [0.25, 0.3) is 11.1 Å². The Kier molecular flexibility index (Phi) is 3.93. The van der Waals surface area contributed by atoms with Crippen LogP contribution in [-0.4, -0.2) is 18.1 Å². The van der Waals surface area contributed by atoms with Gasteiger partial charge in [-0.3, -0.25) is 4.79 Å². The van der Waals surface area contributed by atoms with Crippen molar-refractivity contribution in [1.29, 1.82) is 0 Å². The van der Waals surface area contributed by atoms with Crippen LogP contribution in [-0.2, 0) is 4.74 Å². The third-order valence-corrected chi connectivity index (χ3v) is 3.11. The van der Waals surface area contributed by atoms with E-state index in [-0.39, 0.29) is 16.1 Å². The molecule has 0 spiro atoms. The predicted molar refractivity (Wildman–Crippen MR) is 73.9 cm³/mol. The van der Waals surface area contributed by atoms with E-state index in [1.807, 2.05) is 0 Å². The number of esters is 1. The van der Waals surface area contributed by atoms with Gasteiger partial charge in [0.2, 0.25) is 0 Å². The second-order valence-electron chi connectivity index (χ2n) is 3.71. The molecule has 0 saturated heterocycles. The second kappa shape index (κ2) is 5.47. The summed E-state index contributed by atoms with van der Waals surface area (Å²) >= 11 is 11.9. The SMILES string of the molecule is COC(=O)c1cc[nH]c(=O)c1-c1ccc(Cl)cc1Cl. The van der Waals surface area contributed by atoms with Gasteiger partial charge >= 0.3 is 5.97 Å². The monoisotopic (exact) mass is 297 g/mol. The van der Waals surface area contributed by atoms with Crippen molar-refractivity contribution in [2.24, 2.45) is 0 Å². The molecule has 0 radical (unpaired) electrons. The predicted octanol–water partition coefficient (Wildman–Crippen LogP) is 3.14. The molecule has 0 saturated carbocycles. The first kappa shape index (κ1) is 13.6. The Morgan fingerprint density at radius 2 is 2.00 bits per heavy atom. The van der Waals surface area contributed by atoms with Crippen molar-refractivity contribution < 1.29 is 9.53 Å². The molecule has 98 valence electrons. The van der Waals surface area contributed by atoms with E-state index in [1.54, 1.807) is 12.1 Å². The van der Waals surface area contributed by atoms with Crippen LogP contribution in [0.4, 0.5) is 0 Å². The topological polar surface area (TPSA) is 59.2 Å². The van der Waals surface area contributed by atoms with Gasteiger partial charge in [-0.2, -0.15) is 0 Å². The van der Waals surface area contributed by atoms with Crippen molar-refractivity contribution in [3.05, 3.63) is 56.4 Å². The number of hydrogen-bond acceptors (Lipinski definition) is 3. The average Bonchev–Trinajstić information content (AvgIpc) is 2.38. The Labute approximate surface area is 118 Å². The Morgan fingerprint density at radius 3 is 2.63 bits per heavy atom. The number of pyridine rings is 1. The number of methoxy groups -OCH3 is 1. The molecule has 0 atom stereocenters. The molecular weight excluding hydrogens is 289 g/mol. The summed E-state index contributed by atoms with van der Waals surface area (Å²) in [7, 11) is 1.25. The van der Waals surface area contributed by atoms with Gasteiger partial charge in [-0.05, 0) is 18.2 Å². The molecule has 0 aliphatic carbocycles. The van der Waals surface area contributed by atoms with Gasteiger partial charge in [-0.15, -0.1) is 0 Å². The van der Waals surface area contributed by atoms with Crippen LogP contribution in [0, 0.1) is 0 Å². The maximum Gasteiger partial charge on any atom is 0.338 e. The number of carbonyl (C=O) groups is 1. The summed E-state index contributed by atoms with van der Waals surface area (Å²) in [5, 5.41) is 0.732. The number of halogens is 2. The Hall–Kier alpha value is -1.78. The molecule has 6 heteroatoms. The number of ether oxygens (including phenoxy) is 1. The van der Waals surface area contributed by atoms with Gasteiger partial charge in [-0.25, -0.2) is 4.79 Å². The largest absolute Gasteiger partial charge is 0.465 e. The summed E-state index contributed by atoms with van der Waals surface area (Å²) in [6, 6.07) is 6.15. The molecule has 0 bridgehead atoms. The Morgan fingerprint density at radius 1 is 1.26 bits per heavy atom. The first-order chi connectivity index (χ1) is 9.04. The maximum atomic E-state index is 11.9. The van der Waals surface area contributed by atoms with Crippen molar-refractivity contribution in [2.75, 3.05) is 7.11 Å². The van der Waals surface area contributed by atoms with E-state index in [9.17, 15) is 9.59 Å². The number of aromatic nitrogens is 1. The van der Waals surface area contributed by atoms with Crippen LogP contribution in [0.2, 0.25) is 10.0 Å². The highest BCUT2D eigenvalue weighted by molar-refractivity contribution is 6.36. The minimum Gasteiger partial charge on any atom is -0.465 e. The molecular formula is C13H9Cl2NO3. The Bertz CT molecular complexity index is 695. The number of benzene rings is 1. The van der Waals surface area contributed by atoms with Gasteiger partial charge in [0.1, 0.15) is 0 Å². The fraction of sp³-hybridized carbons (Fsp3) is 0.0769. The third-order valence-electron chi connectivity index (χ3n) is 2.57. The molecule has 19 heavy (non-hydrogen) atoms. The van der Waals surface area contributed by atoms with Crippen LogP contribution < -0.4 is 5.56 Å². The zero-order valence-corrected chi connectivity index (χ0v) is 11.4. The molecule has 1 N–H and O–H groups in total. The standard InChI is InChI=1S/C13H9Cl2NO3/c1-19-13(18)9-4-5-16-12(17)11(9)8-3-2-7(14)6-10(8)15/h2-6H,1H3,(H,16,17). The lowest BCUT2D eigenvalue weighted by Gasteiger charge is -2.08. The number of aromatic amines is 1. The molecule has 1 aromatic heterocycles. The highest BCUT2D eigenvalue weighted by Gasteiger charge is 2.18. The highest BCUT2D eigenvalue weighted by atomic mass is 35.5. The zero-order valence-electron chi connectivity index (χ0n) is 9.87. The molecule has 0 aliphatic rings. The van der Waals surface area contributed by atoms with Crippen LogP contribution in [0.3, 0.4) is 0 Å². The summed E-state index contributed by atoms with van der Waals surface area (Å²) in [5.41, 5.74) is 0.312. The molecule has 2 rings (SSSR count). The van der Waals surface area contributed by atoms with Gasteiger partial charge in [0.25, 0.3) is 5.56 Å². The van der Waals surface area contributed by atoms with E-state index >= 15 is 0 Å². The summed E-state index contributed by atoms with van der Waals surface area (Å²) in [6.45, 7) is 0. The third kappa shape index (κ3) is 2.64. The lowest BCUT2D eigenvalue weighted by molar-refractivity contribution is 0.0601. The fourth-order valence-corrected chi connectivity index (χ4v) is 2.22. The molecule has 1 aromatic carbocycles. The lowest BCUT2D eigenvalue weighted by atomic mass is 10.0. The minimum atomic E-state index is -0.605. The van der Waals surface area contributed by atoms with Crippen LogP contribution in [0.5, 0.6) is 0 Å². The molecule has 0 amide bonds. The van der Waals surface area contributed by atoms with Crippen LogP contribution >= 0.6 is 23.2 Å². The number of carbonyl (C=O) groups excluding carboxylic acids is 1. The molecule has 1 heterocycles. The first-order valence-corrected chi connectivity index (χ1v) is 6.05. The van der Waals surface area contributed by atoms with Crippen molar-refractivity contribution in [2.45, 2.75) is 0 Å². The van der Waals surface area contributed by atoms with Gasteiger partial charge in [0, 0.05) is 16.8 Å². The van der Waals surface area contributed by atoms with Crippen molar-refractivity contribution >= 4 is 29.2 Å². The molecule has 2 aromatic rings. The van der Waals surface area contributed by atoms with E-state index in [1.165, 1.54) is 25.4 Å². The van der Waals surface area contributed by atoms with Crippen molar-refractivity contribution in [3.63, 3.8) is 0 Å². The van der Waals surface area contributed by atoms with E-state index in [0.717, 1.165) is 0 Å². The summed E-state index contributed by atoms with van der Waals surface area (Å²) in [6.07, 6.45) is 1.38. The zero-order chi connectivity index (χ0) is 14.0. The quantitative estimate of drug-likeness (QED) is 0.866. The van der Waals surface area contributed by atoms with E-state index in [4.69, 9.17) is 23.2 Å². The second-order valence-corrected chi connectivity index (χ2v) is 4.55. The number of hydrogen-bond donors (Lipinski definition) is 1. The van der Waals surface area contributed by atoms with Gasteiger partial charge in [0.15, 0.2) is 0 Å². The minimum absolute atomic E-state index is 0.149. The first-order valence-electron chi connectivity index (χ1n) is 5.30. The van der Waals surface area contributed by atoms with E-state index in [0.29, 0.717) is 10.6 Å². The van der Waals surface area contributed by atoms with E-state index < -0.39 is 11.5 Å². The molecule has 0 unspecified atom stereocenters. The molecule has 4 nitrogen and oxygen atoms in total. The number of H-pyrrole nitrogens is 1. The maximum absolute atomic E-state index is 11.9. The summed E-state index contributed by atoms with van der Waals surface area (Å²) in [5.74, 6) is -0.605. The van der Waals surface area contributed by atoms with Crippen LogP contribution in [0.15, 0.2) is 35.3 Å². The smallest absolute Gasteiger partial charge is 0.338 e. The highest BCUT2D eigenvalue weighted by Crippen LogP contribution is 2.30. The normalized spacial score (nSPS) is 10.3. The molecule has 0 fully saturated rings. The lowest BCUT2D eigenvalue weighted by Crippen LogP contribution is -2.15. The fourth-order valence-electron chi connectivity index (χ4n) is 1.72. The average molecular weight is 298 g/mol. The van der Waals surface area contributed by atoms with Crippen LogP contribution in [0.1, 0.15) is 10.4 Å². The molecule has 0 aliphatic heterocycles. The van der Waals surface area contributed by atoms with Gasteiger partial charge in [0.05, 0.1) is 23.3 Å². The van der Waals surface area contributed by atoms with Gasteiger partial charge < -0.3 is 9.72 Å². The number of nitrogens with one attached hydrogen (secondary N) is 1. The van der Waals surface area contributed by atoms with E-state index in [2.05, 4.69) is 9.72 Å². The van der Waals surface area contributed by atoms with Crippen molar-refractivity contribution in [3.8, 4) is 11.1 Å². The summed E-state index contributed by atoms with van der Waals surface area (Å²) in [4.78, 5) is 26.1.